The molecule has 1 aromatic heterocycles. The zero-order valence-corrected chi connectivity index (χ0v) is 18.2. The van der Waals surface area contributed by atoms with Crippen molar-refractivity contribution in [3.8, 4) is 11.3 Å². The molecule has 6 heteroatoms. The van der Waals surface area contributed by atoms with Gasteiger partial charge in [-0.25, -0.2) is 9.07 Å². The number of ether oxygens (including phenoxy) is 1. The van der Waals surface area contributed by atoms with Crippen LogP contribution in [-0.2, 0) is 11.5 Å². The Kier molecular flexibility index (Phi) is 6.61. The van der Waals surface area contributed by atoms with Gasteiger partial charge >= 0.3 is 0 Å². The minimum atomic E-state index is -1.09. The van der Waals surface area contributed by atoms with E-state index in [2.05, 4.69) is 56.1 Å². The number of hydrogen-bond donors (Lipinski definition) is 0. The molecule has 2 aromatic rings. The molecule has 0 aliphatic carbocycles. The van der Waals surface area contributed by atoms with Gasteiger partial charge in [-0.3, -0.25) is 0 Å². The molecule has 132 valence electrons. The average molecular weight is 460 g/mol. The van der Waals surface area contributed by atoms with Crippen molar-refractivity contribution in [3.63, 3.8) is 0 Å². The number of benzene rings is 1. The van der Waals surface area contributed by atoms with Crippen LogP contribution < -0.4 is 0 Å². The van der Waals surface area contributed by atoms with Crippen LogP contribution >= 0.6 is 22.6 Å². The molecule has 0 radical (unpaired) electrons. The molecule has 0 atom stereocenters. The summed E-state index contributed by atoms with van der Waals surface area (Å²) in [6.07, 6.45) is 0. The maximum absolute atomic E-state index is 13.2. The number of aromatic nitrogens is 2. The topological polar surface area (TPSA) is 27.1 Å². The summed E-state index contributed by atoms with van der Waals surface area (Å²) in [5, 5.41) is 4.74. The summed E-state index contributed by atoms with van der Waals surface area (Å²) in [5.74, 6) is 0.117. The zero-order chi connectivity index (χ0) is 17.9. The van der Waals surface area contributed by atoms with Crippen molar-refractivity contribution in [1.29, 1.82) is 0 Å². The first kappa shape index (κ1) is 19.6. The predicted octanol–water partition coefficient (Wildman–Crippen LogP) is 5.73. The lowest BCUT2D eigenvalue weighted by molar-refractivity contribution is 0.0760. The Bertz CT molecular complexity index is 678. The smallest absolute Gasteiger partial charge is 0.139 e. The molecular formula is C18H26FIN2OSi. The maximum atomic E-state index is 13.2. The molecule has 3 nitrogen and oxygen atoms in total. The van der Waals surface area contributed by atoms with Gasteiger partial charge in [0.25, 0.3) is 0 Å². The van der Waals surface area contributed by atoms with Crippen molar-refractivity contribution < 1.29 is 9.13 Å². The largest absolute Gasteiger partial charge is 0.360 e. The second kappa shape index (κ2) is 8.10. The Morgan fingerprint density at radius 1 is 1.21 bits per heavy atom. The Balaban J connectivity index is 2.21. The first-order chi connectivity index (χ1) is 11.2. The van der Waals surface area contributed by atoms with Crippen molar-refractivity contribution in [2.75, 3.05) is 6.61 Å². The highest BCUT2D eigenvalue weighted by Gasteiger charge is 2.20. The van der Waals surface area contributed by atoms with Crippen LogP contribution in [0.2, 0.25) is 25.7 Å². The molecule has 0 N–H and O–H groups in total. The van der Waals surface area contributed by atoms with Gasteiger partial charge in [0, 0.05) is 20.2 Å². The van der Waals surface area contributed by atoms with E-state index >= 15 is 0 Å². The summed E-state index contributed by atoms with van der Waals surface area (Å²) < 4.78 is 22.1. The van der Waals surface area contributed by atoms with Crippen LogP contribution in [0, 0.1) is 9.39 Å². The SMILES string of the molecule is CC(C)c1c(I)c(-c2ccc(F)cc2)nn1COCC[Si](C)(C)C. The Morgan fingerprint density at radius 3 is 2.38 bits per heavy atom. The first-order valence-electron chi connectivity index (χ1n) is 8.29. The van der Waals surface area contributed by atoms with Gasteiger partial charge in [-0.15, -0.1) is 0 Å². The van der Waals surface area contributed by atoms with Crippen molar-refractivity contribution in [2.24, 2.45) is 0 Å². The highest BCUT2D eigenvalue weighted by molar-refractivity contribution is 14.1. The van der Waals surface area contributed by atoms with Crippen LogP contribution in [-0.4, -0.2) is 24.5 Å². The van der Waals surface area contributed by atoms with Gasteiger partial charge in [0.1, 0.15) is 18.2 Å². The fraction of sp³-hybridized carbons (Fsp3) is 0.500. The Hall–Kier alpha value is -0.733. The van der Waals surface area contributed by atoms with Gasteiger partial charge in [0.15, 0.2) is 0 Å². The van der Waals surface area contributed by atoms with E-state index in [9.17, 15) is 4.39 Å². The fourth-order valence-corrected chi connectivity index (χ4v) is 4.50. The summed E-state index contributed by atoms with van der Waals surface area (Å²) in [6, 6.07) is 7.65. The van der Waals surface area contributed by atoms with Crippen LogP contribution in [0.3, 0.4) is 0 Å². The summed E-state index contributed by atoms with van der Waals surface area (Å²) in [4.78, 5) is 0. The van der Waals surface area contributed by atoms with E-state index in [0.717, 1.165) is 27.5 Å². The third-order valence-electron chi connectivity index (χ3n) is 3.81. The van der Waals surface area contributed by atoms with Gasteiger partial charge in [0.2, 0.25) is 0 Å². The van der Waals surface area contributed by atoms with Crippen molar-refractivity contribution in [1.82, 2.24) is 9.78 Å². The highest BCUT2D eigenvalue weighted by atomic mass is 127. The molecule has 0 saturated carbocycles. The fourth-order valence-electron chi connectivity index (χ4n) is 2.42. The van der Waals surface area contributed by atoms with Crippen LogP contribution in [0.1, 0.15) is 25.5 Å². The molecule has 1 aromatic carbocycles. The summed E-state index contributed by atoms with van der Waals surface area (Å²) in [5.41, 5.74) is 3.00. The second-order valence-electron chi connectivity index (χ2n) is 7.56. The number of rotatable bonds is 7. The van der Waals surface area contributed by atoms with Gasteiger partial charge in [0.05, 0.1) is 9.26 Å². The lowest BCUT2D eigenvalue weighted by Crippen LogP contribution is -2.22. The average Bonchev–Trinajstić information content (AvgIpc) is 2.80. The summed E-state index contributed by atoms with van der Waals surface area (Å²) in [6.45, 7) is 12.6. The third-order valence-corrected chi connectivity index (χ3v) is 6.57. The summed E-state index contributed by atoms with van der Waals surface area (Å²) in [7, 11) is -1.09. The second-order valence-corrected chi connectivity index (χ2v) is 14.3. The zero-order valence-electron chi connectivity index (χ0n) is 15.1. The van der Waals surface area contributed by atoms with Crippen LogP contribution in [0.4, 0.5) is 4.39 Å². The Labute approximate surface area is 158 Å². The molecule has 0 aliphatic rings. The normalized spacial score (nSPS) is 12.2. The lowest BCUT2D eigenvalue weighted by Gasteiger charge is -2.16. The van der Waals surface area contributed by atoms with Gasteiger partial charge in [-0.1, -0.05) is 33.5 Å². The molecule has 0 unspecified atom stereocenters. The lowest BCUT2D eigenvalue weighted by atomic mass is 10.1. The Morgan fingerprint density at radius 2 is 1.83 bits per heavy atom. The van der Waals surface area contributed by atoms with Crippen LogP contribution in [0.5, 0.6) is 0 Å². The number of halogens is 2. The van der Waals surface area contributed by atoms with Crippen molar-refractivity contribution in [3.05, 3.63) is 39.3 Å². The van der Waals surface area contributed by atoms with Crippen LogP contribution in [0.15, 0.2) is 24.3 Å². The van der Waals surface area contributed by atoms with E-state index in [-0.39, 0.29) is 5.82 Å². The molecule has 2 rings (SSSR count). The van der Waals surface area contributed by atoms with Gasteiger partial charge < -0.3 is 4.74 Å². The minimum Gasteiger partial charge on any atom is -0.360 e. The molecule has 0 bridgehead atoms. The van der Waals surface area contributed by atoms with E-state index < -0.39 is 8.07 Å². The number of hydrogen-bond acceptors (Lipinski definition) is 2. The molecule has 0 spiro atoms. The van der Waals surface area contributed by atoms with E-state index in [0.29, 0.717) is 12.6 Å². The van der Waals surface area contributed by atoms with E-state index in [1.165, 1.54) is 17.8 Å². The van der Waals surface area contributed by atoms with Crippen molar-refractivity contribution in [2.45, 2.75) is 52.2 Å². The van der Waals surface area contributed by atoms with E-state index in [4.69, 9.17) is 9.84 Å². The van der Waals surface area contributed by atoms with Gasteiger partial charge in [-0.2, -0.15) is 5.10 Å². The first-order valence-corrected chi connectivity index (χ1v) is 13.1. The van der Waals surface area contributed by atoms with E-state index in [1.807, 2.05) is 4.68 Å². The van der Waals surface area contributed by atoms with E-state index in [1.54, 1.807) is 12.1 Å². The molecular weight excluding hydrogens is 434 g/mol. The quantitative estimate of drug-likeness (QED) is 0.300. The minimum absolute atomic E-state index is 0.230. The van der Waals surface area contributed by atoms with Crippen molar-refractivity contribution >= 4 is 30.7 Å². The van der Waals surface area contributed by atoms with Gasteiger partial charge in [-0.05, 0) is 58.8 Å². The standard InChI is InChI=1S/C18H26FIN2OSi/c1-13(2)18-16(20)17(14-6-8-15(19)9-7-14)21-22(18)12-23-10-11-24(3,4)5/h6-9,13H,10-12H2,1-5H3. The highest BCUT2D eigenvalue weighted by Crippen LogP contribution is 2.31. The number of nitrogens with zero attached hydrogens (tertiary/aromatic N) is 2. The molecule has 0 amide bonds. The molecule has 24 heavy (non-hydrogen) atoms. The molecule has 1 heterocycles. The monoisotopic (exact) mass is 460 g/mol. The van der Waals surface area contributed by atoms with Crippen LogP contribution in [0.25, 0.3) is 11.3 Å². The predicted molar refractivity (Wildman–Crippen MR) is 109 cm³/mol. The molecule has 0 saturated heterocycles. The molecule has 0 aliphatic heterocycles. The third kappa shape index (κ3) is 5.13. The summed E-state index contributed by atoms with van der Waals surface area (Å²) >= 11 is 2.34. The maximum Gasteiger partial charge on any atom is 0.139 e. The molecule has 0 fully saturated rings.